The number of aromatic nitrogens is 4. The zero-order valence-electron chi connectivity index (χ0n) is 14.1. The average Bonchev–Trinajstić information content (AvgIpc) is 3.21. The third-order valence-electron chi connectivity index (χ3n) is 3.41. The maximum Gasteiger partial charge on any atom is 0.340 e. The largest absolute Gasteiger partial charge is 0.481 e. The molecule has 0 atom stereocenters. The minimum atomic E-state index is -0.678. The van der Waals surface area contributed by atoms with Crippen LogP contribution in [-0.2, 0) is 9.53 Å². The number of carbonyl (C=O) groups excluding carboxylic acids is 2. The number of carbonyl (C=O) groups is 2. The lowest BCUT2D eigenvalue weighted by atomic mass is 10.2. The van der Waals surface area contributed by atoms with E-state index in [1.165, 1.54) is 42.8 Å². The van der Waals surface area contributed by atoms with Crippen molar-refractivity contribution in [2.75, 3.05) is 19.0 Å². The molecule has 0 bridgehead atoms. The van der Waals surface area contributed by atoms with E-state index in [2.05, 4.69) is 20.4 Å². The van der Waals surface area contributed by atoms with Crippen LogP contribution in [0, 0.1) is 0 Å². The molecule has 0 aliphatic heterocycles. The molecule has 3 rings (SSSR count). The first-order chi connectivity index (χ1) is 13.1. The van der Waals surface area contributed by atoms with Crippen molar-refractivity contribution in [2.45, 2.75) is 0 Å². The van der Waals surface area contributed by atoms with Gasteiger partial charge < -0.3 is 14.8 Å². The zero-order valence-corrected chi connectivity index (χ0v) is 14.9. The summed E-state index contributed by atoms with van der Waals surface area (Å²) in [5.41, 5.74) is 1.17. The third-order valence-corrected chi connectivity index (χ3v) is 3.65. The molecule has 0 saturated heterocycles. The number of benzene rings is 1. The highest BCUT2D eigenvalue weighted by atomic mass is 35.5. The standard InChI is InChI=1S/C17H14ClN5O4/c1-26-16-5-2-11(7-20-16)17(25)27-8-15(24)22-13-6-12(18)3-4-14(13)23-10-19-9-21-23/h2-7,9-10H,8H2,1H3,(H,22,24). The quantitative estimate of drug-likeness (QED) is 0.645. The summed E-state index contributed by atoms with van der Waals surface area (Å²) >= 11 is 5.99. The van der Waals surface area contributed by atoms with Gasteiger partial charge in [-0.05, 0) is 24.3 Å². The molecule has 1 N–H and O–H groups in total. The Balaban J connectivity index is 1.64. The maximum absolute atomic E-state index is 12.2. The van der Waals surface area contributed by atoms with Crippen molar-refractivity contribution in [1.82, 2.24) is 19.7 Å². The normalized spacial score (nSPS) is 10.3. The van der Waals surface area contributed by atoms with Gasteiger partial charge in [-0.1, -0.05) is 11.6 Å². The molecule has 1 aromatic carbocycles. The highest BCUT2D eigenvalue weighted by Crippen LogP contribution is 2.23. The van der Waals surface area contributed by atoms with Crippen molar-refractivity contribution in [3.05, 3.63) is 59.8 Å². The Kier molecular flexibility index (Phi) is 5.62. The second-order valence-corrected chi connectivity index (χ2v) is 5.65. The monoisotopic (exact) mass is 387 g/mol. The summed E-state index contributed by atoms with van der Waals surface area (Å²) in [4.78, 5) is 31.9. The summed E-state index contributed by atoms with van der Waals surface area (Å²) in [5, 5.41) is 7.09. The molecule has 0 unspecified atom stereocenters. The molecule has 0 fully saturated rings. The number of methoxy groups -OCH3 is 1. The SMILES string of the molecule is COc1ccc(C(=O)OCC(=O)Nc2cc(Cl)ccc2-n2cncn2)cn1. The molecule has 0 spiro atoms. The van der Waals surface area contributed by atoms with Crippen LogP contribution >= 0.6 is 11.6 Å². The lowest BCUT2D eigenvalue weighted by molar-refractivity contribution is -0.119. The fourth-order valence-corrected chi connectivity index (χ4v) is 2.34. The first-order valence-electron chi connectivity index (χ1n) is 7.68. The smallest absolute Gasteiger partial charge is 0.340 e. The molecule has 0 radical (unpaired) electrons. The minimum Gasteiger partial charge on any atom is -0.481 e. The van der Waals surface area contributed by atoms with Crippen molar-refractivity contribution in [2.24, 2.45) is 0 Å². The Morgan fingerprint density at radius 1 is 1.26 bits per heavy atom. The van der Waals surface area contributed by atoms with E-state index in [0.717, 1.165) is 0 Å². The van der Waals surface area contributed by atoms with E-state index in [0.29, 0.717) is 22.3 Å². The lowest BCUT2D eigenvalue weighted by Gasteiger charge is -2.11. The van der Waals surface area contributed by atoms with Gasteiger partial charge in [0.2, 0.25) is 5.88 Å². The van der Waals surface area contributed by atoms with E-state index in [4.69, 9.17) is 21.1 Å². The second kappa shape index (κ2) is 8.28. The average molecular weight is 388 g/mol. The molecule has 27 heavy (non-hydrogen) atoms. The van der Waals surface area contributed by atoms with Crippen LogP contribution in [0.5, 0.6) is 5.88 Å². The molecule has 0 saturated carbocycles. The van der Waals surface area contributed by atoms with Crippen LogP contribution in [-0.4, -0.2) is 45.3 Å². The van der Waals surface area contributed by atoms with Gasteiger partial charge >= 0.3 is 5.97 Å². The van der Waals surface area contributed by atoms with Crippen molar-refractivity contribution in [1.29, 1.82) is 0 Å². The van der Waals surface area contributed by atoms with E-state index in [9.17, 15) is 9.59 Å². The number of nitrogens with zero attached hydrogens (tertiary/aromatic N) is 4. The topological polar surface area (TPSA) is 108 Å². The van der Waals surface area contributed by atoms with E-state index >= 15 is 0 Å². The van der Waals surface area contributed by atoms with Gasteiger partial charge in [0.1, 0.15) is 12.7 Å². The number of pyridine rings is 1. The summed E-state index contributed by atoms with van der Waals surface area (Å²) in [5.74, 6) is -0.845. The van der Waals surface area contributed by atoms with Gasteiger partial charge in [-0.15, -0.1) is 0 Å². The van der Waals surface area contributed by atoms with Crippen LogP contribution in [0.2, 0.25) is 5.02 Å². The molecular weight excluding hydrogens is 374 g/mol. The van der Waals surface area contributed by atoms with Gasteiger partial charge in [0, 0.05) is 17.3 Å². The van der Waals surface area contributed by atoms with E-state index < -0.39 is 18.5 Å². The van der Waals surface area contributed by atoms with Gasteiger partial charge in [-0.2, -0.15) is 5.10 Å². The Hall–Kier alpha value is -3.46. The maximum atomic E-state index is 12.2. The van der Waals surface area contributed by atoms with E-state index in [-0.39, 0.29) is 5.56 Å². The Labute approximate surface area is 158 Å². The van der Waals surface area contributed by atoms with E-state index in [1.54, 1.807) is 18.2 Å². The molecule has 0 aliphatic rings. The fraction of sp³-hybridized carbons (Fsp3) is 0.118. The molecular formula is C17H14ClN5O4. The number of halogens is 1. The number of amides is 1. The number of rotatable bonds is 6. The van der Waals surface area contributed by atoms with Crippen LogP contribution in [0.1, 0.15) is 10.4 Å². The summed E-state index contributed by atoms with van der Waals surface area (Å²) in [6, 6.07) is 7.91. The zero-order chi connectivity index (χ0) is 19.2. The number of nitrogens with one attached hydrogen (secondary N) is 1. The molecule has 3 aromatic rings. The third kappa shape index (κ3) is 4.59. The highest BCUT2D eigenvalue weighted by molar-refractivity contribution is 6.31. The van der Waals surface area contributed by atoms with Gasteiger partial charge in [0.05, 0.1) is 24.0 Å². The molecule has 10 heteroatoms. The van der Waals surface area contributed by atoms with Gasteiger partial charge in [0.15, 0.2) is 6.61 Å². The number of esters is 1. The van der Waals surface area contributed by atoms with Crippen LogP contribution < -0.4 is 10.1 Å². The molecule has 9 nitrogen and oxygen atoms in total. The molecule has 138 valence electrons. The summed E-state index contributed by atoms with van der Waals surface area (Å²) in [6.07, 6.45) is 4.15. The van der Waals surface area contributed by atoms with Gasteiger partial charge in [-0.3, -0.25) is 4.79 Å². The van der Waals surface area contributed by atoms with Crippen LogP contribution in [0.25, 0.3) is 5.69 Å². The summed E-state index contributed by atoms with van der Waals surface area (Å²) < 4.78 is 11.4. The molecule has 2 heterocycles. The molecule has 0 aliphatic carbocycles. The van der Waals surface area contributed by atoms with Crippen LogP contribution in [0.4, 0.5) is 5.69 Å². The van der Waals surface area contributed by atoms with Crippen molar-refractivity contribution >= 4 is 29.2 Å². The number of hydrogen-bond acceptors (Lipinski definition) is 7. The van der Waals surface area contributed by atoms with Crippen molar-refractivity contribution < 1.29 is 19.1 Å². The van der Waals surface area contributed by atoms with Crippen molar-refractivity contribution in [3.63, 3.8) is 0 Å². The highest BCUT2D eigenvalue weighted by Gasteiger charge is 2.14. The van der Waals surface area contributed by atoms with Crippen LogP contribution in [0.15, 0.2) is 49.2 Å². The fourth-order valence-electron chi connectivity index (χ4n) is 2.16. The van der Waals surface area contributed by atoms with Crippen LogP contribution in [0.3, 0.4) is 0 Å². The second-order valence-electron chi connectivity index (χ2n) is 5.22. The summed E-state index contributed by atoms with van der Waals surface area (Å²) in [7, 11) is 1.47. The first kappa shape index (κ1) is 18.3. The Morgan fingerprint density at radius 3 is 2.78 bits per heavy atom. The number of anilines is 1. The number of ether oxygens (including phenoxy) is 2. The predicted octanol–water partition coefficient (Wildman–Crippen LogP) is 2.12. The molecule has 1 amide bonds. The lowest BCUT2D eigenvalue weighted by Crippen LogP contribution is -2.22. The van der Waals surface area contributed by atoms with Gasteiger partial charge in [0.25, 0.3) is 5.91 Å². The summed E-state index contributed by atoms with van der Waals surface area (Å²) in [6.45, 7) is -0.478. The number of hydrogen-bond donors (Lipinski definition) is 1. The molecule has 2 aromatic heterocycles. The minimum absolute atomic E-state index is 0.203. The van der Waals surface area contributed by atoms with Gasteiger partial charge in [-0.25, -0.2) is 19.4 Å². The Morgan fingerprint density at radius 2 is 2.11 bits per heavy atom. The Bertz CT molecular complexity index is 944. The van der Waals surface area contributed by atoms with E-state index in [1.807, 2.05) is 0 Å². The van der Waals surface area contributed by atoms with Crippen molar-refractivity contribution in [3.8, 4) is 11.6 Å². The predicted molar refractivity (Wildman–Crippen MR) is 96.1 cm³/mol. The first-order valence-corrected chi connectivity index (χ1v) is 8.06.